The normalized spacial score (nSPS) is 14.2. The molecule has 8 heteroatoms. The highest BCUT2D eigenvalue weighted by molar-refractivity contribution is 5.78. The Morgan fingerprint density at radius 3 is 2.56 bits per heavy atom. The van der Waals surface area contributed by atoms with Crippen LogP contribution in [0.5, 0.6) is 0 Å². The van der Waals surface area contributed by atoms with Crippen LogP contribution in [0.1, 0.15) is 60.8 Å². The number of allylic oxidation sites excluding steroid dienone is 1. The molecule has 2 heterocycles. The molecule has 1 saturated carbocycles. The second-order valence-electron chi connectivity index (χ2n) is 8.58. The van der Waals surface area contributed by atoms with E-state index in [9.17, 15) is 9.59 Å². The third kappa shape index (κ3) is 5.38. The number of aliphatic carboxylic acids is 1. The van der Waals surface area contributed by atoms with Crippen molar-refractivity contribution in [1.29, 1.82) is 0 Å². The van der Waals surface area contributed by atoms with E-state index in [0.717, 1.165) is 52.0 Å². The molecule has 0 bridgehead atoms. The lowest BCUT2D eigenvalue weighted by Crippen LogP contribution is -2.13. The van der Waals surface area contributed by atoms with E-state index >= 15 is 0 Å². The minimum Gasteiger partial charge on any atom is -0.480 e. The van der Waals surface area contributed by atoms with Crippen LogP contribution in [0.2, 0.25) is 0 Å². The van der Waals surface area contributed by atoms with Gasteiger partial charge in [0, 0.05) is 23.3 Å². The van der Waals surface area contributed by atoms with E-state index in [2.05, 4.69) is 64.6 Å². The zero-order chi connectivity index (χ0) is 22.7. The molecule has 1 aliphatic rings. The molecule has 0 saturated heterocycles. The van der Waals surface area contributed by atoms with Crippen LogP contribution in [0.25, 0.3) is 5.57 Å². The van der Waals surface area contributed by atoms with Crippen LogP contribution >= 0.6 is 0 Å². The lowest BCUT2D eigenvalue weighted by molar-refractivity contribution is -0.138. The molecule has 32 heavy (non-hydrogen) atoms. The van der Waals surface area contributed by atoms with Gasteiger partial charge in [0.25, 0.3) is 5.56 Å². The molecule has 2 N–H and O–H groups in total. The molecule has 166 valence electrons. The average Bonchev–Trinajstić information content (AvgIpc) is 3.50. The fourth-order valence-corrected chi connectivity index (χ4v) is 3.70. The first-order chi connectivity index (χ1) is 15.4. The molecule has 1 aliphatic carbocycles. The number of rotatable bonds is 9. The van der Waals surface area contributed by atoms with Crippen molar-refractivity contribution >= 4 is 11.5 Å². The number of tetrazole rings is 1. The van der Waals surface area contributed by atoms with E-state index in [1.807, 2.05) is 12.1 Å². The number of hydrogen-bond acceptors (Lipinski definition) is 5. The number of benzene rings is 1. The van der Waals surface area contributed by atoms with Crippen molar-refractivity contribution in [2.24, 2.45) is 5.92 Å². The van der Waals surface area contributed by atoms with Crippen LogP contribution in [-0.2, 0) is 24.2 Å². The first kappa shape index (κ1) is 21.7. The summed E-state index contributed by atoms with van der Waals surface area (Å²) in [4.78, 5) is 27.4. The van der Waals surface area contributed by atoms with Crippen LogP contribution < -0.4 is 5.56 Å². The molecule has 1 fully saturated rings. The predicted octanol–water partition coefficient (Wildman–Crippen LogP) is 3.20. The summed E-state index contributed by atoms with van der Waals surface area (Å²) in [6.07, 6.45) is 5.66. The first-order valence-electron chi connectivity index (χ1n) is 10.9. The first-order valence-corrected chi connectivity index (χ1v) is 10.9. The maximum atomic E-state index is 12.5. The van der Waals surface area contributed by atoms with Gasteiger partial charge in [0.05, 0.1) is 0 Å². The SMILES string of the molecule is CC(C)/C=C(\c1ccc(CCc2nnn(CC(=O)O)n2)cc1)c1ccc(C2CC2)c(=O)[nH]1. The largest absolute Gasteiger partial charge is 0.480 e. The van der Waals surface area contributed by atoms with E-state index in [0.29, 0.717) is 24.1 Å². The van der Waals surface area contributed by atoms with Crippen molar-refractivity contribution < 1.29 is 9.90 Å². The second kappa shape index (κ2) is 9.30. The Morgan fingerprint density at radius 1 is 1.19 bits per heavy atom. The Kier molecular flexibility index (Phi) is 6.30. The summed E-state index contributed by atoms with van der Waals surface area (Å²) in [5.74, 6) is 0.267. The third-order valence-corrected chi connectivity index (χ3v) is 5.42. The number of aromatic amines is 1. The summed E-state index contributed by atoms with van der Waals surface area (Å²) in [6, 6.07) is 12.2. The summed E-state index contributed by atoms with van der Waals surface area (Å²) >= 11 is 0. The van der Waals surface area contributed by atoms with Crippen molar-refractivity contribution in [3.05, 3.63) is 81.0 Å². The van der Waals surface area contributed by atoms with Crippen LogP contribution in [-0.4, -0.2) is 36.3 Å². The number of nitrogens with zero attached hydrogens (tertiary/aromatic N) is 4. The van der Waals surface area contributed by atoms with Crippen LogP contribution in [0.3, 0.4) is 0 Å². The minimum atomic E-state index is -1.00. The monoisotopic (exact) mass is 433 g/mol. The quantitative estimate of drug-likeness (QED) is 0.536. The van der Waals surface area contributed by atoms with E-state index in [1.165, 1.54) is 0 Å². The Bertz CT molecular complexity index is 1190. The van der Waals surface area contributed by atoms with Gasteiger partial charge < -0.3 is 10.1 Å². The van der Waals surface area contributed by atoms with E-state index in [-0.39, 0.29) is 12.1 Å². The lowest BCUT2D eigenvalue weighted by Gasteiger charge is -2.12. The molecule has 0 spiro atoms. The molecule has 8 nitrogen and oxygen atoms in total. The number of pyridine rings is 1. The summed E-state index contributed by atoms with van der Waals surface area (Å²) in [5, 5.41) is 20.5. The van der Waals surface area contributed by atoms with Gasteiger partial charge in [-0.25, -0.2) is 0 Å². The molecule has 0 aliphatic heterocycles. The average molecular weight is 434 g/mol. The fourth-order valence-electron chi connectivity index (χ4n) is 3.70. The maximum absolute atomic E-state index is 12.5. The molecule has 3 aromatic rings. The summed E-state index contributed by atoms with van der Waals surface area (Å²) in [6.45, 7) is 3.95. The Hall–Kier alpha value is -3.55. The zero-order valence-corrected chi connectivity index (χ0v) is 18.3. The fraction of sp³-hybridized carbons (Fsp3) is 0.375. The molecule has 4 rings (SSSR count). The molecular weight excluding hydrogens is 406 g/mol. The van der Waals surface area contributed by atoms with Gasteiger partial charge in [-0.3, -0.25) is 9.59 Å². The van der Waals surface area contributed by atoms with Gasteiger partial charge in [-0.2, -0.15) is 4.80 Å². The van der Waals surface area contributed by atoms with Gasteiger partial charge in [0.15, 0.2) is 12.4 Å². The molecule has 0 radical (unpaired) electrons. The van der Waals surface area contributed by atoms with Crippen molar-refractivity contribution in [2.45, 2.75) is 52.0 Å². The second-order valence-corrected chi connectivity index (χ2v) is 8.58. The van der Waals surface area contributed by atoms with Gasteiger partial charge >= 0.3 is 5.97 Å². The van der Waals surface area contributed by atoms with E-state index in [1.54, 1.807) is 0 Å². The number of aryl methyl sites for hydroxylation is 2. The smallest absolute Gasteiger partial charge is 0.327 e. The lowest BCUT2D eigenvalue weighted by atomic mass is 9.96. The number of aromatic nitrogens is 5. The molecular formula is C24H27N5O3. The van der Waals surface area contributed by atoms with Gasteiger partial charge in [-0.1, -0.05) is 50.3 Å². The number of H-pyrrole nitrogens is 1. The maximum Gasteiger partial charge on any atom is 0.327 e. The minimum absolute atomic E-state index is 0.0136. The highest BCUT2D eigenvalue weighted by atomic mass is 16.4. The Balaban J connectivity index is 1.49. The highest BCUT2D eigenvalue weighted by Crippen LogP contribution is 2.38. The summed E-state index contributed by atoms with van der Waals surface area (Å²) in [7, 11) is 0. The standard InChI is InChI=1S/C24H27N5O3/c1-15(2)13-20(21-11-10-19(17-8-9-17)24(32)25-21)18-6-3-16(4-7-18)5-12-22-26-28-29(27-22)14-23(30)31/h3-4,6-7,10-11,13,15,17H,5,8-9,12,14H2,1-2H3,(H,25,32)(H,30,31)/b20-13+. The van der Waals surface area contributed by atoms with Gasteiger partial charge in [-0.15, -0.1) is 10.2 Å². The van der Waals surface area contributed by atoms with E-state index in [4.69, 9.17) is 5.11 Å². The number of hydrogen-bond donors (Lipinski definition) is 2. The molecule has 1 aromatic carbocycles. The van der Waals surface area contributed by atoms with Crippen LogP contribution in [0.15, 0.2) is 47.3 Å². The number of carboxylic acid groups (broad SMARTS) is 1. The molecule has 2 aromatic heterocycles. The Morgan fingerprint density at radius 2 is 1.94 bits per heavy atom. The van der Waals surface area contributed by atoms with Crippen LogP contribution in [0, 0.1) is 5.92 Å². The van der Waals surface area contributed by atoms with E-state index < -0.39 is 5.97 Å². The molecule has 0 unspecified atom stereocenters. The van der Waals surface area contributed by atoms with Gasteiger partial charge in [0.1, 0.15) is 0 Å². The number of nitrogens with one attached hydrogen (secondary N) is 1. The Labute approximate surface area is 186 Å². The molecule has 0 amide bonds. The molecule has 0 atom stereocenters. The van der Waals surface area contributed by atoms with Gasteiger partial charge in [-0.05, 0) is 53.5 Å². The van der Waals surface area contributed by atoms with Crippen molar-refractivity contribution in [2.75, 3.05) is 0 Å². The van der Waals surface area contributed by atoms with Crippen LogP contribution in [0.4, 0.5) is 0 Å². The third-order valence-electron chi connectivity index (χ3n) is 5.42. The summed E-state index contributed by atoms with van der Waals surface area (Å²) < 4.78 is 0. The zero-order valence-electron chi connectivity index (χ0n) is 18.3. The topological polar surface area (TPSA) is 114 Å². The van der Waals surface area contributed by atoms with Crippen molar-refractivity contribution in [3.63, 3.8) is 0 Å². The summed E-state index contributed by atoms with van der Waals surface area (Å²) in [5.41, 5.74) is 4.92. The predicted molar refractivity (Wildman–Crippen MR) is 120 cm³/mol. The highest BCUT2D eigenvalue weighted by Gasteiger charge is 2.26. The number of carbonyl (C=O) groups is 1. The van der Waals surface area contributed by atoms with Gasteiger partial charge in [0.2, 0.25) is 0 Å². The van der Waals surface area contributed by atoms with Crippen molar-refractivity contribution in [3.8, 4) is 0 Å². The number of carboxylic acids is 1. The van der Waals surface area contributed by atoms with Crippen molar-refractivity contribution in [1.82, 2.24) is 25.2 Å².